The molecular weight excluding hydrogens is 530 g/mol. The molecule has 1 atom stereocenters. The number of carbonyl (C=O) groups is 2. The molecule has 5 aromatic rings. The molecule has 7 nitrogen and oxygen atoms in total. The predicted octanol–water partition coefficient (Wildman–Crippen LogP) is 6.44. The number of ether oxygens (including phenoxy) is 2. The number of alkyl carbamates (subject to hydrolysis) is 1. The first-order chi connectivity index (χ1) is 20.4. The number of fused-ring (bicyclic) bond motifs is 1. The Kier molecular flexibility index (Phi) is 8.78. The highest BCUT2D eigenvalue weighted by Gasteiger charge is 2.26. The van der Waals surface area contributed by atoms with Crippen molar-refractivity contribution in [3.63, 3.8) is 0 Å². The third kappa shape index (κ3) is 6.75. The van der Waals surface area contributed by atoms with Crippen LogP contribution in [0.3, 0.4) is 0 Å². The molecule has 1 unspecified atom stereocenters. The van der Waals surface area contributed by atoms with Gasteiger partial charge in [0, 0.05) is 29.4 Å². The first-order valence-corrected chi connectivity index (χ1v) is 13.7. The van der Waals surface area contributed by atoms with Gasteiger partial charge < -0.3 is 19.2 Å². The standard InChI is InChI=1S/C35H31NO6/c1-23-28-18-19-31(24(2)32(28)42-33(37)29(23)20-25-12-6-3-7-13-25)41-34(38)30(21-26-14-8-4-9-15-26)36-35(39)40-22-27-16-10-5-11-17-27/h3-19,30H,20-22H2,1-2H3,(H,36,39). The van der Waals surface area contributed by atoms with Crippen LogP contribution in [0, 0.1) is 13.8 Å². The quantitative estimate of drug-likeness (QED) is 0.126. The van der Waals surface area contributed by atoms with Gasteiger partial charge in [-0.25, -0.2) is 14.4 Å². The summed E-state index contributed by atoms with van der Waals surface area (Å²) >= 11 is 0. The van der Waals surface area contributed by atoms with Gasteiger partial charge in [-0.1, -0.05) is 91.0 Å². The van der Waals surface area contributed by atoms with Crippen molar-refractivity contribution < 1.29 is 23.5 Å². The van der Waals surface area contributed by atoms with E-state index in [0.717, 1.165) is 27.6 Å². The Morgan fingerprint density at radius 2 is 1.36 bits per heavy atom. The molecular formula is C35H31NO6. The number of carbonyl (C=O) groups excluding carboxylic acids is 2. The van der Waals surface area contributed by atoms with Gasteiger partial charge in [0.15, 0.2) is 0 Å². The van der Waals surface area contributed by atoms with Gasteiger partial charge in [-0.05, 0) is 48.2 Å². The third-order valence-electron chi connectivity index (χ3n) is 7.16. The summed E-state index contributed by atoms with van der Waals surface area (Å²) in [7, 11) is 0. The zero-order valence-corrected chi connectivity index (χ0v) is 23.5. The minimum Gasteiger partial charge on any atom is -0.445 e. The van der Waals surface area contributed by atoms with Crippen molar-refractivity contribution in [3.8, 4) is 5.75 Å². The number of hydrogen-bond acceptors (Lipinski definition) is 6. The maximum absolute atomic E-state index is 13.4. The van der Waals surface area contributed by atoms with E-state index < -0.39 is 23.7 Å². The smallest absolute Gasteiger partial charge is 0.408 e. The van der Waals surface area contributed by atoms with Crippen molar-refractivity contribution in [2.24, 2.45) is 0 Å². The van der Waals surface area contributed by atoms with Crippen molar-refractivity contribution in [2.45, 2.75) is 39.3 Å². The maximum Gasteiger partial charge on any atom is 0.408 e. The maximum atomic E-state index is 13.4. The Bertz CT molecular complexity index is 1750. The minimum atomic E-state index is -1.02. The molecule has 0 aliphatic rings. The number of esters is 1. The van der Waals surface area contributed by atoms with Gasteiger partial charge >= 0.3 is 17.7 Å². The summed E-state index contributed by atoms with van der Waals surface area (Å²) < 4.78 is 16.9. The molecule has 0 fully saturated rings. The molecule has 4 aromatic carbocycles. The highest BCUT2D eigenvalue weighted by Crippen LogP contribution is 2.30. The molecule has 0 saturated carbocycles. The Morgan fingerprint density at radius 3 is 2.00 bits per heavy atom. The molecule has 5 rings (SSSR count). The molecule has 0 aliphatic carbocycles. The van der Waals surface area contributed by atoms with Gasteiger partial charge in [-0.3, -0.25) is 0 Å². The average Bonchev–Trinajstić information content (AvgIpc) is 3.01. The van der Waals surface area contributed by atoms with E-state index in [1.165, 1.54) is 0 Å². The fraction of sp³-hybridized carbons (Fsp3) is 0.171. The van der Waals surface area contributed by atoms with Crippen LogP contribution >= 0.6 is 0 Å². The molecule has 0 bridgehead atoms. The number of nitrogens with one attached hydrogen (secondary N) is 1. The topological polar surface area (TPSA) is 94.8 Å². The lowest BCUT2D eigenvalue weighted by Gasteiger charge is -2.19. The number of amides is 1. The van der Waals surface area contributed by atoms with Crippen molar-refractivity contribution in [2.75, 3.05) is 0 Å². The van der Waals surface area contributed by atoms with Crippen LogP contribution in [0.1, 0.15) is 33.4 Å². The van der Waals surface area contributed by atoms with Gasteiger partial charge in [0.05, 0.1) is 0 Å². The largest absolute Gasteiger partial charge is 0.445 e. The van der Waals surface area contributed by atoms with Crippen molar-refractivity contribution in [1.82, 2.24) is 5.32 Å². The second-order valence-corrected chi connectivity index (χ2v) is 10.1. The van der Waals surface area contributed by atoms with Crippen LogP contribution in [0.4, 0.5) is 4.79 Å². The van der Waals surface area contributed by atoms with Crippen LogP contribution in [0.5, 0.6) is 5.75 Å². The van der Waals surface area contributed by atoms with Crippen molar-refractivity contribution in [1.29, 1.82) is 0 Å². The zero-order valence-electron chi connectivity index (χ0n) is 23.5. The second-order valence-electron chi connectivity index (χ2n) is 10.1. The number of aryl methyl sites for hydroxylation is 2. The van der Waals surface area contributed by atoms with Crippen molar-refractivity contribution >= 4 is 23.0 Å². The molecule has 7 heteroatoms. The first-order valence-electron chi connectivity index (χ1n) is 13.7. The minimum absolute atomic E-state index is 0.0637. The van der Waals surface area contributed by atoms with Crippen LogP contribution in [0.25, 0.3) is 11.0 Å². The molecule has 1 aromatic heterocycles. The number of benzene rings is 4. The van der Waals surface area contributed by atoms with E-state index in [2.05, 4.69) is 5.32 Å². The fourth-order valence-electron chi connectivity index (χ4n) is 4.82. The SMILES string of the molecule is Cc1c(Cc2ccccc2)c(=O)oc2c(C)c(OC(=O)C(Cc3ccccc3)NC(=O)OCc3ccccc3)ccc12. The lowest BCUT2D eigenvalue weighted by Crippen LogP contribution is -2.44. The van der Waals surface area contributed by atoms with E-state index >= 15 is 0 Å². The molecule has 1 N–H and O–H groups in total. The van der Waals surface area contributed by atoms with Crippen LogP contribution < -0.4 is 15.7 Å². The average molecular weight is 562 g/mol. The summed E-state index contributed by atoms with van der Waals surface area (Å²) in [5, 5.41) is 3.42. The Balaban J connectivity index is 1.37. The van der Waals surface area contributed by atoms with Crippen molar-refractivity contribution in [3.05, 3.63) is 147 Å². The summed E-state index contributed by atoms with van der Waals surface area (Å²) in [6, 6.07) is 30.8. The fourth-order valence-corrected chi connectivity index (χ4v) is 4.82. The molecule has 1 amide bonds. The Hall–Kier alpha value is -5.17. The highest BCUT2D eigenvalue weighted by atomic mass is 16.6. The molecule has 42 heavy (non-hydrogen) atoms. The summed E-state index contributed by atoms with van der Waals surface area (Å²) in [5.41, 5.74) is 4.51. The van der Waals surface area contributed by atoms with Crippen LogP contribution in [-0.4, -0.2) is 18.1 Å². The van der Waals surface area contributed by atoms with Crippen LogP contribution in [-0.2, 0) is 29.0 Å². The zero-order chi connectivity index (χ0) is 29.5. The van der Waals surface area contributed by atoms with Gasteiger partial charge in [0.1, 0.15) is 24.0 Å². The third-order valence-corrected chi connectivity index (χ3v) is 7.16. The van der Waals surface area contributed by atoms with E-state index in [-0.39, 0.29) is 18.8 Å². The molecule has 0 spiro atoms. The van der Waals surface area contributed by atoms with E-state index in [4.69, 9.17) is 13.9 Å². The van der Waals surface area contributed by atoms with E-state index in [1.54, 1.807) is 19.1 Å². The summed E-state index contributed by atoms with van der Waals surface area (Å²) in [4.78, 5) is 39.1. The van der Waals surface area contributed by atoms with Gasteiger partial charge in [0.2, 0.25) is 0 Å². The van der Waals surface area contributed by atoms with Gasteiger partial charge in [0.25, 0.3) is 0 Å². The van der Waals surface area contributed by atoms with Gasteiger partial charge in [-0.2, -0.15) is 0 Å². The van der Waals surface area contributed by atoms with E-state index in [1.807, 2.05) is 97.9 Å². The first kappa shape index (κ1) is 28.4. The monoisotopic (exact) mass is 561 g/mol. The van der Waals surface area contributed by atoms with Gasteiger partial charge in [-0.15, -0.1) is 0 Å². The number of hydrogen-bond donors (Lipinski definition) is 1. The second kappa shape index (κ2) is 13.0. The molecule has 0 saturated heterocycles. The number of rotatable bonds is 9. The molecule has 0 radical (unpaired) electrons. The lowest BCUT2D eigenvalue weighted by atomic mass is 9.98. The van der Waals surface area contributed by atoms with E-state index in [9.17, 15) is 14.4 Å². The van der Waals surface area contributed by atoms with E-state index in [0.29, 0.717) is 23.1 Å². The molecule has 0 aliphatic heterocycles. The lowest BCUT2D eigenvalue weighted by molar-refractivity contribution is -0.136. The van der Waals surface area contributed by atoms with Crippen LogP contribution in [0.2, 0.25) is 0 Å². The highest BCUT2D eigenvalue weighted by molar-refractivity contribution is 5.88. The summed E-state index contributed by atoms with van der Waals surface area (Å²) in [6.07, 6.45) is -0.0860. The Morgan fingerprint density at radius 1 is 0.762 bits per heavy atom. The summed E-state index contributed by atoms with van der Waals surface area (Å²) in [5.74, 6) is -0.430. The molecule has 1 heterocycles. The normalized spacial score (nSPS) is 11.6. The molecule has 212 valence electrons. The summed E-state index contributed by atoms with van der Waals surface area (Å²) in [6.45, 7) is 3.69. The predicted molar refractivity (Wildman–Crippen MR) is 161 cm³/mol. The van der Waals surface area contributed by atoms with Crippen LogP contribution in [0.15, 0.2) is 112 Å². The Labute approximate surface area is 243 Å².